The molecule has 0 radical (unpaired) electrons. The lowest BCUT2D eigenvalue weighted by atomic mass is 10.1. The van der Waals surface area contributed by atoms with Gasteiger partial charge in [-0.05, 0) is 25.3 Å². The lowest BCUT2D eigenvalue weighted by Crippen LogP contribution is -2.17. The van der Waals surface area contributed by atoms with E-state index in [-0.39, 0.29) is 0 Å². The van der Waals surface area contributed by atoms with Gasteiger partial charge in [0.1, 0.15) is 5.82 Å². The molecule has 0 spiro atoms. The van der Waals surface area contributed by atoms with Crippen LogP contribution in [0.3, 0.4) is 0 Å². The number of nitrogens with zero attached hydrogens (tertiary/aromatic N) is 2. The molecule has 5 heteroatoms. The van der Waals surface area contributed by atoms with Crippen LogP contribution in [-0.2, 0) is 17.8 Å². The van der Waals surface area contributed by atoms with Gasteiger partial charge in [0.15, 0.2) is 5.82 Å². The molecular weight excluding hydrogens is 282 g/mol. The van der Waals surface area contributed by atoms with Crippen LogP contribution in [0.25, 0.3) is 11.4 Å². The van der Waals surface area contributed by atoms with Gasteiger partial charge in [0.05, 0.1) is 18.9 Å². The number of nitrogens with one attached hydrogen (secondary N) is 1. The zero-order chi connectivity index (χ0) is 14.7. The third kappa shape index (κ3) is 3.04. The first-order valence-corrected chi connectivity index (χ1v) is 8.40. The predicted molar refractivity (Wildman–Crippen MR) is 86.8 cm³/mol. The highest BCUT2D eigenvalue weighted by atomic mass is 32.2. The standard InChI is InChI=1S/C16H19N3OS/c1-3-17-16-13-10-20-9-8-14(13)18-15(19-16)11-4-6-12(21-2)7-5-11/h4-7H,3,8-10H2,1-2H3,(H,17,18,19). The van der Waals surface area contributed by atoms with Crippen LogP contribution >= 0.6 is 11.8 Å². The summed E-state index contributed by atoms with van der Waals surface area (Å²) in [5, 5.41) is 3.33. The molecular formula is C16H19N3OS. The zero-order valence-electron chi connectivity index (χ0n) is 12.3. The molecule has 1 aliphatic rings. The van der Waals surface area contributed by atoms with E-state index in [4.69, 9.17) is 14.7 Å². The molecule has 0 bridgehead atoms. The number of thioether (sulfide) groups is 1. The van der Waals surface area contributed by atoms with E-state index in [0.717, 1.165) is 48.0 Å². The lowest BCUT2D eigenvalue weighted by Gasteiger charge is -2.20. The fourth-order valence-electron chi connectivity index (χ4n) is 2.41. The van der Waals surface area contributed by atoms with Crippen molar-refractivity contribution in [2.24, 2.45) is 0 Å². The van der Waals surface area contributed by atoms with Crippen LogP contribution in [0, 0.1) is 0 Å². The topological polar surface area (TPSA) is 47.0 Å². The Morgan fingerprint density at radius 2 is 2.05 bits per heavy atom. The average molecular weight is 301 g/mol. The van der Waals surface area contributed by atoms with Crippen LogP contribution in [0.5, 0.6) is 0 Å². The summed E-state index contributed by atoms with van der Waals surface area (Å²) in [5.41, 5.74) is 3.27. The molecule has 2 heterocycles. The van der Waals surface area contributed by atoms with Gasteiger partial charge in [-0.15, -0.1) is 11.8 Å². The van der Waals surface area contributed by atoms with E-state index in [1.165, 1.54) is 4.90 Å². The van der Waals surface area contributed by atoms with Crippen molar-refractivity contribution in [2.45, 2.75) is 24.8 Å². The number of aromatic nitrogens is 2. The molecule has 0 aliphatic carbocycles. The highest BCUT2D eigenvalue weighted by Crippen LogP contribution is 2.27. The van der Waals surface area contributed by atoms with Gasteiger partial charge in [0.2, 0.25) is 0 Å². The summed E-state index contributed by atoms with van der Waals surface area (Å²) in [5.74, 6) is 1.70. The maximum atomic E-state index is 5.54. The minimum Gasteiger partial charge on any atom is -0.376 e. The van der Waals surface area contributed by atoms with E-state index in [0.29, 0.717) is 6.61 Å². The SMILES string of the molecule is CCNc1nc(-c2ccc(SC)cc2)nc2c1COCC2. The Morgan fingerprint density at radius 1 is 1.24 bits per heavy atom. The van der Waals surface area contributed by atoms with Crippen LogP contribution in [0.15, 0.2) is 29.2 Å². The fraction of sp³-hybridized carbons (Fsp3) is 0.375. The van der Waals surface area contributed by atoms with Crippen molar-refractivity contribution >= 4 is 17.6 Å². The quantitative estimate of drug-likeness (QED) is 0.877. The maximum Gasteiger partial charge on any atom is 0.161 e. The van der Waals surface area contributed by atoms with Gasteiger partial charge in [-0.2, -0.15) is 0 Å². The van der Waals surface area contributed by atoms with E-state index < -0.39 is 0 Å². The molecule has 0 fully saturated rings. The van der Waals surface area contributed by atoms with Gasteiger partial charge in [0.25, 0.3) is 0 Å². The first-order chi connectivity index (χ1) is 10.3. The van der Waals surface area contributed by atoms with E-state index in [2.05, 4.69) is 42.8 Å². The summed E-state index contributed by atoms with van der Waals surface area (Å²) in [7, 11) is 0. The van der Waals surface area contributed by atoms with E-state index >= 15 is 0 Å². The minimum atomic E-state index is 0.601. The molecule has 3 rings (SSSR count). The number of benzene rings is 1. The van der Waals surface area contributed by atoms with E-state index in [1.54, 1.807) is 11.8 Å². The molecule has 4 nitrogen and oxygen atoms in total. The zero-order valence-corrected chi connectivity index (χ0v) is 13.2. The van der Waals surface area contributed by atoms with Crippen LogP contribution in [0.1, 0.15) is 18.2 Å². The van der Waals surface area contributed by atoms with Crippen molar-refractivity contribution in [1.82, 2.24) is 9.97 Å². The van der Waals surface area contributed by atoms with Crippen molar-refractivity contribution < 1.29 is 4.74 Å². The summed E-state index contributed by atoms with van der Waals surface area (Å²) in [6, 6.07) is 8.39. The number of rotatable bonds is 4. The molecule has 0 saturated heterocycles. The first kappa shape index (κ1) is 14.4. The van der Waals surface area contributed by atoms with Crippen LogP contribution in [0.4, 0.5) is 5.82 Å². The van der Waals surface area contributed by atoms with Crippen molar-refractivity contribution in [3.8, 4) is 11.4 Å². The third-order valence-corrected chi connectivity index (χ3v) is 4.26. The maximum absolute atomic E-state index is 5.54. The summed E-state index contributed by atoms with van der Waals surface area (Å²) >= 11 is 1.74. The minimum absolute atomic E-state index is 0.601. The number of ether oxygens (including phenoxy) is 1. The number of hydrogen-bond acceptors (Lipinski definition) is 5. The highest BCUT2D eigenvalue weighted by Gasteiger charge is 2.18. The highest BCUT2D eigenvalue weighted by molar-refractivity contribution is 7.98. The van der Waals surface area contributed by atoms with Crippen LogP contribution < -0.4 is 5.32 Å². The molecule has 110 valence electrons. The molecule has 0 saturated carbocycles. The van der Waals surface area contributed by atoms with Gasteiger partial charge >= 0.3 is 0 Å². The Morgan fingerprint density at radius 3 is 2.76 bits per heavy atom. The Bertz CT molecular complexity index is 628. The van der Waals surface area contributed by atoms with Crippen LogP contribution in [-0.4, -0.2) is 29.4 Å². The number of anilines is 1. The monoisotopic (exact) mass is 301 g/mol. The van der Waals surface area contributed by atoms with Crippen molar-refractivity contribution in [2.75, 3.05) is 24.7 Å². The normalized spacial score (nSPS) is 13.8. The Labute approximate surface area is 129 Å². The fourth-order valence-corrected chi connectivity index (χ4v) is 2.82. The summed E-state index contributed by atoms with van der Waals surface area (Å²) < 4.78 is 5.54. The predicted octanol–water partition coefficient (Wildman–Crippen LogP) is 3.37. The van der Waals surface area contributed by atoms with E-state index in [1.807, 2.05) is 0 Å². The molecule has 1 aromatic heterocycles. The van der Waals surface area contributed by atoms with Gasteiger partial charge in [-0.3, -0.25) is 0 Å². The Kier molecular flexibility index (Phi) is 4.41. The molecule has 1 aromatic carbocycles. The molecule has 0 atom stereocenters. The second kappa shape index (κ2) is 6.45. The Hall–Kier alpha value is -1.59. The molecule has 0 amide bonds. The van der Waals surface area contributed by atoms with Crippen molar-refractivity contribution in [3.05, 3.63) is 35.5 Å². The third-order valence-electron chi connectivity index (χ3n) is 3.51. The van der Waals surface area contributed by atoms with Gasteiger partial charge in [0, 0.05) is 29.0 Å². The lowest BCUT2D eigenvalue weighted by molar-refractivity contribution is 0.109. The second-order valence-corrected chi connectivity index (χ2v) is 5.76. The Balaban J connectivity index is 2.03. The number of hydrogen-bond donors (Lipinski definition) is 1. The van der Waals surface area contributed by atoms with E-state index in [9.17, 15) is 0 Å². The smallest absolute Gasteiger partial charge is 0.161 e. The summed E-state index contributed by atoms with van der Waals surface area (Å²) in [6.45, 7) is 4.25. The summed E-state index contributed by atoms with van der Waals surface area (Å²) in [6.07, 6.45) is 2.93. The second-order valence-electron chi connectivity index (χ2n) is 4.88. The van der Waals surface area contributed by atoms with Crippen LogP contribution in [0.2, 0.25) is 0 Å². The van der Waals surface area contributed by atoms with Gasteiger partial charge < -0.3 is 10.1 Å². The summed E-state index contributed by atoms with van der Waals surface area (Å²) in [4.78, 5) is 10.7. The average Bonchev–Trinajstić information content (AvgIpc) is 2.55. The first-order valence-electron chi connectivity index (χ1n) is 7.17. The largest absolute Gasteiger partial charge is 0.376 e. The van der Waals surface area contributed by atoms with Gasteiger partial charge in [-0.25, -0.2) is 9.97 Å². The molecule has 1 aliphatic heterocycles. The van der Waals surface area contributed by atoms with Gasteiger partial charge in [-0.1, -0.05) is 12.1 Å². The van der Waals surface area contributed by atoms with Crippen molar-refractivity contribution in [1.29, 1.82) is 0 Å². The molecule has 21 heavy (non-hydrogen) atoms. The van der Waals surface area contributed by atoms with Crippen molar-refractivity contribution in [3.63, 3.8) is 0 Å². The molecule has 2 aromatic rings. The molecule has 0 unspecified atom stereocenters. The number of fused-ring (bicyclic) bond motifs is 1. The molecule has 1 N–H and O–H groups in total.